The molecule has 1 aromatic carbocycles. The predicted octanol–water partition coefficient (Wildman–Crippen LogP) is 1.65. The van der Waals surface area contributed by atoms with Gasteiger partial charge in [0.25, 0.3) is 0 Å². The lowest BCUT2D eigenvalue weighted by Crippen LogP contribution is -2.39. The van der Waals surface area contributed by atoms with Crippen molar-refractivity contribution >= 4 is 27.3 Å². The molecule has 1 aromatic rings. The number of likely N-dealkylation sites (tertiary alicyclic amines) is 1. The first-order chi connectivity index (χ1) is 11.0. The van der Waals surface area contributed by atoms with Crippen LogP contribution in [0.3, 0.4) is 0 Å². The standard InChI is InChI=1S/C16H23N3O3S/c1-13(16(20)18-9-2-3-10-18)17-14-5-7-15(8-6-14)19-11-4-12-23(19,21)22/h5-8,13,17H,2-4,9-12H2,1H3/t13-/m1/s1. The fourth-order valence-electron chi connectivity index (χ4n) is 3.18. The third-order valence-electron chi connectivity index (χ3n) is 4.43. The van der Waals surface area contributed by atoms with Crippen LogP contribution in [0.4, 0.5) is 11.4 Å². The zero-order valence-electron chi connectivity index (χ0n) is 13.4. The van der Waals surface area contributed by atoms with E-state index in [4.69, 9.17) is 0 Å². The van der Waals surface area contributed by atoms with Gasteiger partial charge in [0.1, 0.15) is 6.04 Å². The molecule has 126 valence electrons. The van der Waals surface area contributed by atoms with Gasteiger partial charge in [-0.25, -0.2) is 8.42 Å². The van der Waals surface area contributed by atoms with E-state index in [1.807, 2.05) is 24.0 Å². The third kappa shape index (κ3) is 3.44. The topological polar surface area (TPSA) is 69.7 Å². The van der Waals surface area contributed by atoms with Gasteiger partial charge in [0.05, 0.1) is 11.4 Å². The Labute approximate surface area is 137 Å². The smallest absolute Gasteiger partial charge is 0.244 e. The SMILES string of the molecule is C[C@@H](Nc1ccc(N2CCCS2(=O)=O)cc1)C(=O)N1CCCC1. The van der Waals surface area contributed by atoms with E-state index in [9.17, 15) is 13.2 Å². The lowest BCUT2D eigenvalue weighted by molar-refractivity contribution is -0.130. The summed E-state index contributed by atoms with van der Waals surface area (Å²) >= 11 is 0. The zero-order valence-corrected chi connectivity index (χ0v) is 14.2. The number of amides is 1. The monoisotopic (exact) mass is 337 g/mol. The van der Waals surface area contributed by atoms with E-state index in [0.717, 1.165) is 31.6 Å². The normalized spacial score (nSPS) is 21.4. The summed E-state index contributed by atoms with van der Waals surface area (Å²) in [6, 6.07) is 6.96. The van der Waals surface area contributed by atoms with Gasteiger partial charge < -0.3 is 10.2 Å². The fourth-order valence-corrected chi connectivity index (χ4v) is 4.74. The van der Waals surface area contributed by atoms with Gasteiger partial charge in [-0.05, 0) is 50.5 Å². The van der Waals surface area contributed by atoms with Gasteiger partial charge in [-0.3, -0.25) is 9.10 Å². The Kier molecular flexibility index (Phi) is 4.48. The molecule has 3 rings (SSSR count). The highest BCUT2D eigenvalue weighted by atomic mass is 32.2. The molecular formula is C16H23N3O3S. The van der Waals surface area contributed by atoms with Gasteiger partial charge in [0.2, 0.25) is 15.9 Å². The molecule has 0 aliphatic carbocycles. The molecule has 0 spiro atoms. The number of carbonyl (C=O) groups excluding carboxylic acids is 1. The molecular weight excluding hydrogens is 314 g/mol. The van der Waals surface area contributed by atoms with Crippen LogP contribution < -0.4 is 9.62 Å². The fraction of sp³-hybridized carbons (Fsp3) is 0.562. The Balaban J connectivity index is 1.64. The molecule has 2 aliphatic heterocycles. The third-order valence-corrected chi connectivity index (χ3v) is 6.30. The minimum absolute atomic E-state index is 0.119. The maximum Gasteiger partial charge on any atom is 0.244 e. The molecule has 2 heterocycles. The highest BCUT2D eigenvalue weighted by Gasteiger charge is 2.28. The van der Waals surface area contributed by atoms with Gasteiger partial charge in [-0.1, -0.05) is 0 Å². The van der Waals surface area contributed by atoms with E-state index in [1.54, 1.807) is 12.1 Å². The first kappa shape index (κ1) is 16.1. The number of nitrogens with zero attached hydrogens (tertiary/aromatic N) is 2. The summed E-state index contributed by atoms with van der Waals surface area (Å²) in [5.74, 6) is 0.336. The lowest BCUT2D eigenvalue weighted by Gasteiger charge is -2.22. The summed E-state index contributed by atoms with van der Waals surface area (Å²) in [4.78, 5) is 14.2. The van der Waals surface area contributed by atoms with Gasteiger partial charge in [-0.2, -0.15) is 0 Å². The van der Waals surface area contributed by atoms with Crippen LogP contribution >= 0.6 is 0 Å². The average Bonchev–Trinajstić information content (AvgIpc) is 3.16. The first-order valence-electron chi connectivity index (χ1n) is 8.13. The molecule has 0 radical (unpaired) electrons. The van der Waals surface area contributed by atoms with Gasteiger partial charge in [0, 0.05) is 25.3 Å². The first-order valence-corrected chi connectivity index (χ1v) is 9.74. The van der Waals surface area contributed by atoms with E-state index < -0.39 is 10.0 Å². The van der Waals surface area contributed by atoms with Crippen molar-refractivity contribution < 1.29 is 13.2 Å². The Bertz CT molecular complexity index is 666. The van der Waals surface area contributed by atoms with Crippen molar-refractivity contribution in [2.45, 2.75) is 32.2 Å². The second kappa shape index (κ2) is 6.39. The molecule has 1 amide bonds. The van der Waals surface area contributed by atoms with Crippen LogP contribution in [0.25, 0.3) is 0 Å². The van der Waals surface area contributed by atoms with Crippen LogP contribution in [0, 0.1) is 0 Å². The van der Waals surface area contributed by atoms with Crippen LogP contribution in [-0.2, 0) is 14.8 Å². The molecule has 7 heteroatoms. The number of hydrogen-bond acceptors (Lipinski definition) is 4. The van der Waals surface area contributed by atoms with E-state index >= 15 is 0 Å². The summed E-state index contributed by atoms with van der Waals surface area (Å²) in [7, 11) is -3.15. The van der Waals surface area contributed by atoms with Gasteiger partial charge in [0.15, 0.2) is 0 Å². The predicted molar refractivity (Wildman–Crippen MR) is 91.1 cm³/mol. The molecule has 6 nitrogen and oxygen atoms in total. The van der Waals surface area contributed by atoms with Crippen molar-refractivity contribution in [3.8, 4) is 0 Å². The Morgan fingerprint density at radius 1 is 1.09 bits per heavy atom. The lowest BCUT2D eigenvalue weighted by atomic mass is 10.2. The molecule has 23 heavy (non-hydrogen) atoms. The Morgan fingerprint density at radius 2 is 1.74 bits per heavy atom. The molecule has 0 saturated carbocycles. The summed E-state index contributed by atoms with van der Waals surface area (Å²) in [6.07, 6.45) is 2.83. The molecule has 2 aliphatic rings. The maximum absolute atomic E-state index is 12.3. The van der Waals surface area contributed by atoms with Crippen LogP contribution in [0.1, 0.15) is 26.2 Å². The van der Waals surface area contributed by atoms with Gasteiger partial charge in [-0.15, -0.1) is 0 Å². The van der Waals surface area contributed by atoms with Crippen molar-refractivity contribution in [2.24, 2.45) is 0 Å². The van der Waals surface area contributed by atoms with E-state index in [0.29, 0.717) is 18.7 Å². The highest BCUT2D eigenvalue weighted by molar-refractivity contribution is 7.93. The molecule has 0 aromatic heterocycles. The number of sulfonamides is 1. The van der Waals surface area contributed by atoms with E-state index in [1.165, 1.54) is 4.31 Å². The van der Waals surface area contributed by atoms with Crippen molar-refractivity contribution in [1.29, 1.82) is 0 Å². The zero-order chi connectivity index (χ0) is 16.4. The summed E-state index contributed by atoms with van der Waals surface area (Å²) in [6.45, 7) is 4.09. The molecule has 2 fully saturated rings. The number of benzene rings is 1. The second-order valence-corrected chi connectivity index (χ2v) is 8.20. The average molecular weight is 337 g/mol. The van der Waals surface area contributed by atoms with Crippen molar-refractivity contribution in [1.82, 2.24) is 4.90 Å². The number of nitrogens with one attached hydrogen (secondary N) is 1. The molecule has 1 N–H and O–H groups in total. The van der Waals surface area contributed by atoms with E-state index in [2.05, 4.69) is 5.32 Å². The largest absolute Gasteiger partial charge is 0.374 e. The molecule has 0 unspecified atom stereocenters. The summed E-state index contributed by atoms with van der Waals surface area (Å²) < 4.78 is 25.3. The van der Waals surface area contributed by atoms with Gasteiger partial charge >= 0.3 is 0 Å². The minimum Gasteiger partial charge on any atom is -0.374 e. The second-order valence-electron chi connectivity index (χ2n) is 6.19. The van der Waals surface area contributed by atoms with Crippen molar-refractivity contribution in [3.63, 3.8) is 0 Å². The maximum atomic E-state index is 12.3. The summed E-state index contributed by atoms with van der Waals surface area (Å²) in [5.41, 5.74) is 1.51. The van der Waals surface area contributed by atoms with Crippen LogP contribution in [0.5, 0.6) is 0 Å². The number of anilines is 2. The number of rotatable bonds is 4. The molecule has 2 saturated heterocycles. The van der Waals surface area contributed by atoms with Crippen molar-refractivity contribution in [2.75, 3.05) is 35.0 Å². The number of carbonyl (C=O) groups is 1. The molecule has 1 atom stereocenters. The van der Waals surface area contributed by atoms with Crippen LogP contribution in [0.15, 0.2) is 24.3 Å². The number of hydrogen-bond donors (Lipinski definition) is 1. The Morgan fingerprint density at radius 3 is 2.30 bits per heavy atom. The highest BCUT2D eigenvalue weighted by Crippen LogP contribution is 2.25. The van der Waals surface area contributed by atoms with Crippen molar-refractivity contribution in [3.05, 3.63) is 24.3 Å². The van der Waals surface area contributed by atoms with Crippen LogP contribution in [0.2, 0.25) is 0 Å². The summed E-state index contributed by atoms with van der Waals surface area (Å²) in [5, 5.41) is 3.20. The van der Waals surface area contributed by atoms with E-state index in [-0.39, 0.29) is 17.7 Å². The molecule has 0 bridgehead atoms. The minimum atomic E-state index is -3.15. The quantitative estimate of drug-likeness (QED) is 0.907. The van der Waals surface area contributed by atoms with Crippen LogP contribution in [-0.4, -0.2) is 50.7 Å². The Hall–Kier alpha value is -1.76.